The van der Waals surface area contributed by atoms with Gasteiger partial charge in [-0.05, 0) is 50.9 Å². The van der Waals surface area contributed by atoms with Crippen LogP contribution in [0.4, 0.5) is 10.5 Å². The average Bonchev–Trinajstić information content (AvgIpc) is 2.93. The van der Waals surface area contributed by atoms with E-state index in [1.54, 1.807) is 0 Å². The van der Waals surface area contributed by atoms with Crippen LogP contribution in [0.5, 0.6) is 0 Å². The molecule has 2 aliphatic rings. The van der Waals surface area contributed by atoms with E-state index in [0.29, 0.717) is 6.04 Å². The fourth-order valence-corrected chi connectivity index (χ4v) is 3.61. The van der Waals surface area contributed by atoms with Gasteiger partial charge in [0.1, 0.15) is 0 Å². The third kappa shape index (κ3) is 4.01. The Morgan fingerprint density at radius 3 is 2.50 bits per heavy atom. The van der Waals surface area contributed by atoms with Crippen LogP contribution in [0, 0.1) is 0 Å². The summed E-state index contributed by atoms with van der Waals surface area (Å²) < 4.78 is 0. The van der Waals surface area contributed by atoms with Crippen molar-refractivity contribution in [2.75, 3.05) is 31.5 Å². The SMILES string of the molecule is O=C(Nc1ccccc1)N1CCCCCC1CN1CCCC1. The minimum absolute atomic E-state index is 0.0669. The number of rotatable bonds is 3. The van der Waals surface area contributed by atoms with Gasteiger partial charge in [0, 0.05) is 24.8 Å². The Morgan fingerprint density at radius 2 is 1.73 bits per heavy atom. The second-order valence-corrected chi connectivity index (χ2v) is 6.50. The minimum atomic E-state index is 0.0669. The van der Waals surface area contributed by atoms with Gasteiger partial charge in [-0.15, -0.1) is 0 Å². The normalized spacial score (nSPS) is 23.3. The summed E-state index contributed by atoms with van der Waals surface area (Å²) in [5.41, 5.74) is 0.886. The first-order valence-corrected chi connectivity index (χ1v) is 8.68. The summed E-state index contributed by atoms with van der Waals surface area (Å²) in [5, 5.41) is 3.06. The lowest BCUT2D eigenvalue weighted by atomic mass is 10.1. The molecule has 0 bridgehead atoms. The summed E-state index contributed by atoms with van der Waals surface area (Å²) in [6, 6.07) is 10.2. The zero-order chi connectivity index (χ0) is 15.2. The molecule has 1 unspecified atom stereocenters. The van der Waals surface area contributed by atoms with E-state index in [0.717, 1.165) is 31.6 Å². The topological polar surface area (TPSA) is 35.6 Å². The van der Waals surface area contributed by atoms with Crippen LogP contribution in [0.15, 0.2) is 30.3 Å². The van der Waals surface area contributed by atoms with Crippen LogP contribution in [-0.2, 0) is 0 Å². The number of carbonyl (C=O) groups is 1. The van der Waals surface area contributed by atoms with E-state index in [2.05, 4.69) is 15.1 Å². The molecule has 1 aromatic carbocycles. The Kier molecular flexibility index (Phi) is 5.33. The highest BCUT2D eigenvalue weighted by Gasteiger charge is 2.28. The number of para-hydroxylation sites is 1. The summed E-state index contributed by atoms with van der Waals surface area (Å²) >= 11 is 0. The van der Waals surface area contributed by atoms with Gasteiger partial charge in [-0.3, -0.25) is 0 Å². The third-order valence-corrected chi connectivity index (χ3v) is 4.83. The lowest BCUT2D eigenvalue weighted by Gasteiger charge is -2.33. The van der Waals surface area contributed by atoms with Gasteiger partial charge in [0.15, 0.2) is 0 Å². The summed E-state index contributed by atoms with van der Waals surface area (Å²) in [5.74, 6) is 0. The lowest BCUT2D eigenvalue weighted by Crippen LogP contribution is -2.47. The summed E-state index contributed by atoms with van der Waals surface area (Å²) in [6.07, 6.45) is 7.36. The van der Waals surface area contributed by atoms with Gasteiger partial charge >= 0.3 is 6.03 Å². The minimum Gasteiger partial charge on any atom is -0.320 e. The maximum atomic E-state index is 12.7. The molecule has 3 rings (SSSR count). The number of nitrogens with one attached hydrogen (secondary N) is 1. The van der Waals surface area contributed by atoms with Crippen molar-refractivity contribution in [2.24, 2.45) is 0 Å². The molecule has 4 nitrogen and oxygen atoms in total. The van der Waals surface area contributed by atoms with E-state index >= 15 is 0 Å². The number of hydrogen-bond acceptors (Lipinski definition) is 2. The highest BCUT2D eigenvalue weighted by Crippen LogP contribution is 2.21. The van der Waals surface area contributed by atoms with E-state index in [-0.39, 0.29) is 6.03 Å². The zero-order valence-corrected chi connectivity index (χ0v) is 13.3. The fourth-order valence-electron chi connectivity index (χ4n) is 3.61. The van der Waals surface area contributed by atoms with E-state index < -0.39 is 0 Å². The Labute approximate surface area is 133 Å². The number of benzene rings is 1. The van der Waals surface area contributed by atoms with E-state index in [1.165, 1.54) is 38.8 Å². The van der Waals surface area contributed by atoms with E-state index in [9.17, 15) is 4.79 Å². The Balaban J connectivity index is 1.65. The highest BCUT2D eigenvalue weighted by molar-refractivity contribution is 5.89. The summed E-state index contributed by atoms with van der Waals surface area (Å²) in [6.45, 7) is 4.33. The van der Waals surface area contributed by atoms with Crippen molar-refractivity contribution in [3.05, 3.63) is 30.3 Å². The van der Waals surface area contributed by atoms with Gasteiger partial charge in [-0.1, -0.05) is 31.0 Å². The second-order valence-electron chi connectivity index (χ2n) is 6.50. The largest absolute Gasteiger partial charge is 0.322 e. The molecule has 120 valence electrons. The molecule has 1 aromatic rings. The first kappa shape index (κ1) is 15.3. The van der Waals surface area contributed by atoms with Crippen LogP contribution in [0.2, 0.25) is 0 Å². The molecule has 2 amide bonds. The van der Waals surface area contributed by atoms with Crippen LogP contribution < -0.4 is 5.32 Å². The third-order valence-electron chi connectivity index (χ3n) is 4.83. The molecule has 0 aromatic heterocycles. The number of hydrogen-bond donors (Lipinski definition) is 1. The number of nitrogens with zero attached hydrogens (tertiary/aromatic N) is 2. The standard InChI is InChI=1S/C18H27N3O/c22-18(19-16-9-3-1-4-10-16)21-14-6-2-5-11-17(21)15-20-12-7-8-13-20/h1,3-4,9-10,17H,2,5-8,11-15H2,(H,19,22). The number of carbonyl (C=O) groups excluding carboxylic acids is 1. The van der Waals surface area contributed by atoms with Gasteiger partial charge in [-0.2, -0.15) is 0 Å². The molecule has 1 N–H and O–H groups in total. The van der Waals surface area contributed by atoms with E-state index in [4.69, 9.17) is 0 Å². The highest BCUT2D eigenvalue weighted by atomic mass is 16.2. The second kappa shape index (κ2) is 7.63. The zero-order valence-electron chi connectivity index (χ0n) is 13.3. The van der Waals surface area contributed by atoms with Crippen molar-refractivity contribution in [3.8, 4) is 0 Å². The Morgan fingerprint density at radius 1 is 1.00 bits per heavy atom. The van der Waals surface area contributed by atoms with E-state index in [1.807, 2.05) is 30.3 Å². The average molecular weight is 301 g/mol. The molecule has 0 spiro atoms. The summed E-state index contributed by atoms with van der Waals surface area (Å²) in [4.78, 5) is 17.3. The quantitative estimate of drug-likeness (QED) is 0.926. The fraction of sp³-hybridized carbons (Fsp3) is 0.611. The first-order chi connectivity index (χ1) is 10.8. The molecule has 0 radical (unpaired) electrons. The van der Waals surface area contributed by atoms with Crippen LogP contribution in [0.25, 0.3) is 0 Å². The van der Waals surface area contributed by atoms with Crippen molar-refractivity contribution in [1.29, 1.82) is 0 Å². The maximum absolute atomic E-state index is 12.7. The number of anilines is 1. The monoisotopic (exact) mass is 301 g/mol. The molecule has 22 heavy (non-hydrogen) atoms. The van der Waals surface area contributed by atoms with Gasteiger partial charge < -0.3 is 15.1 Å². The van der Waals surface area contributed by atoms with Crippen molar-refractivity contribution in [3.63, 3.8) is 0 Å². The number of amides is 2. The molecule has 2 heterocycles. The summed E-state index contributed by atoms with van der Waals surface area (Å²) in [7, 11) is 0. The van der Waals surface area contributed by atoms with Crippen molar-refractivity contribution >= 4 is 11.7 Å². The van der Waals surface area contributed by atoms with Crippen LogP contribution in [0.3, 0.4) is 0 Å². The molecular formula is C18H27N3O. The van der Waals surface area contributed by atoms with Crippen LogP contribution in [-0.4, -0.2) is 48.1 Å². The Bertz CT molecular complexity index is 470. The molecule has 2 aliphatic heterocycles. The number of urea groups is 1. The lowest BCUT2D eigenvalue weighted by molar-refractivity contribution is 0.164. The van der Waals surface area contributed by atoms with Gasteiger partial charge in [0.25, 0.3) is 0 Å². The van der Waals surface area contributed by atoms with Gasteiger partial charge in [-0.25, -0.2) is 4.79 Å². The molecule has 4 heteroatoms. The predicted octanol–water partition coefficient (Wildman–Crippen LogP) is 3.56. The molecular weight excluding hydrogens is 274 g/mol. The smallest absolute Gasteiger partial charge is 0.320 e. The molecule has 2 saturated heterocycles. The molecule has 1 atom stereocenters. The van der Waals surface area contributed by atoms with Crippen LogP contribution >= 0.6 is 0 Å². The Hall–Kier alpha value is -1.55. The first-order valence-electron chi connectivity index (χ1n) is 8.68. The molecule has 0 saturated carbocycles. The van der Waals surface area contributed by atoms with Gasteiger partial charge in [0.05, 0.1) is 0 Å². The maximum Gasteiger partial charge on any atom is 0.322 e. The van der Waals surface area contributed by atoms with Crippen molar-refractivity contribution in [1.82, 2.24) is 9.80 Å². The predicted molar refractivity (Wildman–Crippen MR) is 90.1 cm³/mol. The molecule has 2 fully saturated rings. The molecule has 0 aliphatic carbocycles. The number of likely N-dealkylation sites (tertiary alicyclic amines) is 2. The van der Waals surface area contributed by atoms with Crippen molar-refractivity contribution < 1.29 is 4.79 Å². The van der Waals surface area contributed by atoms with Gasteiger partial charge in [0.2, 0.25) is 0 Å². The van der Waals surface area contributed by atoms with Crippen LogP contribution in [0.1, 0.15) is 38.5 Å². The van der Waals surface area contributed by atoms with Crippen molar-refractivity contribution in [2.45, 2.75) is 44.6 Å².